The van der Waals surface area contributed by atoms with Crippen LogP contribution >= 0.6 is 11.6 Å². The number of rotatable bonds is 3. The molecule has 4 bridgehead atoms. The second-order valence-corrected chi connectivity index (χ2v) is 26.6. The minimum atomic E-state index is -1.90. The summed E-state index contributed by atoms with van der Waals surface area (Å²) in [5, 5.41) is 0.896. The van der Waals surface area contributed by atoms with E-state index in [9.17, 15) is 0 Å². The van der Waals surface area contributed by atoms with Gasteiger partial charge in [0.2, 0.25) is 0 Å². The molecule has 25 heavy (non-hydrogen) atoms. The monoisotopic (exact) mass is 464 g/mol. The Kier molecular flexibility index (Phi) is 4.29. The van der Waals surface area contributed by atoms with Crippen molar-refractivity contribution in [1.82, 2.24) is 0 Å². The normalized spacial score (nSPS) is 45.4. The molecule has 0 nitrogen and oxygen atoms in total. The van der Waals surface area contributed by atoms with E-state index in [1.54, 1.807) is 24.8 Å². The van der Waals surface area contributed by atoms with Crippen molar-refractivity contribution in [3.63, 3.8) is 0 Å². The predicted octanol–water partition coefficient (Wildman–Crippen LogP) is 7.22. The predicted molar refractivity (Wildman–Crippen MR) is 110 cm³/mol. The van der Waals surface area contributed by atoms with E-state index in [-0.39, 0.29) is 0 Å². The average Bonchev–Trinajstić information content (AvgIpc) is 3.33. The topological polar surface area (TPSA) is 0 Å². The summed E-state index contributed by atoms with van der Waals surface area (Å²) in [5.74, 6) is 7.09. The first-order valence-corrected chi connectivity index (χ1v) is 21.3. The molecular weight excluding hydrogens is 430 g/mol. The summed E-state index contributed by atoms with van der Waals surface area (Å²) in [5.41, 5.74) is 1.62. The summed E-state index contributed by atoms with van der Waals surface area (Å²) >= 11 is 4.31. The Morgan fingerprint density at radius 3 is 2.00 bits per heavy atom. The van der Waals surface area contributed by atoms with E-state index in [1.165, 1.54) is 19.3 Å². The molecule has 136 valence electrons. The van der Waals surface area contributed by atoms with E-state index in [0.29, 0.717) is 0 Å². The third-order valence-electron chi connectivity index (χ3n) is 8.66. The number of hydrogen-bond donors (Lipinski definition) is 0. The number of benzene rings is 1. The maximum absolute atomic E-state index is 6.20. The minimum absolute atomic E-state index is 0.844. The Labute approximate surface area is 163 Å². The Morgan fingerprint density at radius 1 is 0.760 bits per heavy atom. The van der Waals surface area contributed by atoms with Gasteiger partial charge < -0.3 is 0 Å². The summed E-state index contributed by atoms with van der Waals surface area (Å²) in [6, 6.07) is 9.01. The van der Waals surface area contributed by atoms with E-state index < -0.39 is 18.4 Å². The molecule has 4 aliphatic rings. The van der Waals surface area contributed by atoms with Crippen LogP contribution in [0.1, 0.15) is 50.0 Å². The van der Waals surface area contributed by atoms with Gasteiger partial charge in [-0.15, -0.1) is 0 Å². The molecule has 5 rings (SSSR count). The molecule has 2 heteroatoms. The molecule has 0 aromatic heterocycles. The molecule has 8 atom stereocenters. The molecule has 1 aromatic carbocycles. The SMILES string of the molecule is [CH3][Sn]([CH3])([CH3])[C@@H]1[C@H]2CC[C@H](C2)[C@@H]1[C@H]1[C@@H]2CC[C@@H](C2)[C@H]1c1ccc(Cl)cc1. The fourth-order valence-corrected chi connectivity index (χ4v) is 18.0. The summed E-state index contributed by atoms with van der Waals surface area (Å²) in [7, 11) is 0. The van der Waals surface area contributed by atoms with Crippen LogP contribution in [0.2, 0.25) is 23.8 Å². The van der Waals surface area contributed by atoms with Crippen LogP contribution in [0.15, 0.2) is 24.3 Å². The van der Waals surface area contributed by atoms with E-state index in [4.69, 9.17) is 11.6 Å². The van der Waals surface area contributed by atoms with Gasteiger partial charge in [-0.05, 0) is 0 Å². The van der Waals surface area contributed by atoms with Crippen molar-refractivity contribution in [2.24, 2.45) is 35.5 Å². The molecule has 0 unspecified atom stereocenters. The molecule has 4 aliphatic carbocycles. The third-order valence-corrected chi connectivity index (χ3v) is 17.1. The summed E-state index contributed by atoms with van der Waals surface area (Å²) in [6.45, 7) is 0. The Hall–Kier alpha value is 0.309. The molecule has 4 fully saturated rings. The van der Waals surface area contributed by atoms with Crippen LogP contribution in [-0.2, 0) is 0 Å². The molecular formula is C23H33ClSn. The van der Waals surface area contributed by atoms with Crippen LogP contribution in [0.4, 0.5) is 0 Å². The zero-order chi connectivity index (χ0) is 17.3. The van der Waals surface area contributed by atoms with Gasteiger partial charge in [0.1, 0.15) is 0 Å². The Morgan fingerprint density at radius 2 is 1.32 bits per heavy atom. The van der Waals surface area contributed by atoms with Crippen LogP contribution in [0.3, 0.4) is 0 Å². The van der Waals surface area contributed by atoms with Crippen molar-refractivity contribution >= 4 is 30.0 Å². The fraction of sp³-hybridized carbons (Fsp3) is 0.739. The van der Waals surface area contributed by atoms with Crippen molar-refractivity contribution in [3.05, 3.63) is 34.9 Å². The average molecular weight is 464 g/mol. The van der Waals surface area contributed by atoms with Gasteiger partial charge in [-0.2, -0.15) is 0 Å². The van der Waals surface area contributed by atoms with Gasteiger partial charge >= 0.3 is 164 Å². The van der Waals surface area contributed by atoms with Crippen molar-refractivity contribution in [2.45, 2.75) is 63.2 Å². The second-order valence-electron chi connectivity index (χ2n) is 10.8. The van der Waals surface area contributed by atoms with Crippen LogP contribution in [0.5, 0.6) is 0 Å². The second kappa shape index (κ2) is 6.16. The summed E-state index contributed by atoms with van der Waals surface area (Å²) in [4.78, 5) is 8.20. The zero-order valence-corrected chi connectivity index (χ0v) is 19.7. The molecule has 0 radical (unpaired) electrons. The molecule has 1 aromatic rings. The quantitative estimate of drug-likeness (QED) is 0.415. The maximum atomic E-state index is 6.20. The van der Waals surface area contributed by atoms with Gasteiger partial charge in [0.25, 0.3) is 0 Å². The first kappa shape index (κ1) is 17.4. The van der Waals surface area contributed by atoms with Gasteiger partial charge in [0.05, 0.1) is 0 Å². The van der Waals surface area contributed by atoms with Gasteiger partial charge in [0.15, 0.2) is 0 Å². The van der Waals surface area contributed by atoms with Crippen LogP contribution in [0.25, 0.3) is 0 Å². The molecule has 0 aliphatic heterocycles. The van der Waals surface area contributed by atoms with E-state index in [0.717, 1.165) is 50.4 Å². The van der Waals surface area contributed by atoms with E-state index in [1.807, 2.05) is 0 Å². The van der Waals surface area contributed by atoms with Gasteiger partial charge in [0, 0.05) is 0 Å². The number of hydrogen-bond acceptors (Lipinski definition) is 0. The first-order chi connectivity index (χ1) is 11.9. The zero-order valence-electron chi connectivity index (χ0n) is 16.0. The molecule has 0 amide bonds. The van der Waals surface area contributed by atoms with Crippen molar-refractivity contribution in [3.8, 4) is 0 Å². The number of fused-ring (bicyclic) bond motifs is 4. The summed E-state index contributed by atoms with van der Waals surface area (Å²) in [6.07, 6.45) is 9.24. The molecule has 0 spiro atoms. The molecule has 0 saturated heterocycles. The standard InChI is InChI=1S/C20H24Cl.3CH3.Sn/c21-17-7-5-13(6-8-17)19-15-3-4-16(11-15)20(19)18-10-12-1-2-14(18)9-12;;;;/h5-8,10,12,14-16,18-20H,1-4,9,11H2;3*1H3;/t12-,14+,15-,16+,18+,19+,20+;;;;/m0..../s1. The number of halogens is 1. The van der Waals surface area contributed by atoms with Crippen molar-refractivity contribution in [2.75, 3.05) is 0 Å². The van der Waals surface area contributed by atoms with Gasteiger partial charge in [-0.25, -0.2) is 0 Å². The molecule has 0 N–H and O–H groups in total. The first-order valence-electron chi connectivity index (χ1n) is 10.7. The van der Waals surface area contributed by atoms with Crippen LogP contribution < -0.4 is 0 Å². The van der Waals surface area contributed by atoms with Gasteiger partial charge in [-0.3, -0.25) is 0 Å². The van der Waals surface area contributed by atoms with Crippen molar-refractivity contribution < 1.29 is 0 Å². The van der Waals surface area contributed by atoms with E-state index >= 15 is 0 Å². The van der Waals surface area contributed by atoms with E-state index in [2.05, 4.69) is 39.1 Å². The molecule has 0 heterocycles. The fourth-order valence-electron chi connectivity index (χ4n) is 8.24. The Bertz CT molecular complexity index is 645. The van der Waals surface area contributed by atoms with Crippen molar-refractivity contribution in [1.29, 1.82) is 0 Å². The summed E-state index contributed by atoms with van der Waals surface area (Å²) < 4.78 is 1.16. The third kappa shape index (κ3) is 2.75. The molecule has 4 saturated carbocycles. The van der Waals surface area contributed by atoms with Crippen LogP contribution in [-0.4, -0.2) is 18.4 Å². The Balaban J connectivity index is 1.53. The van der Waals surface area contributed by atoms with Crippen LogP contribution in [0, 0.1) is 35.5 Å². The van der Waals surface area contributed by atoms with Gasteiger partial charge in [-0.1, -0.05) is 0 Å².